The predicted molar refractivity (Wildman–Crippen MR) is 47.4 cm³/mol. The Labute approximate surface area is 74.8 Å². The highest BCUT2D eigenvalue weighted by Gasteiger charge is 2.04. The maximum atomic E-state index is 10.7. The first-order chi connectivity index (χ1) is 5.65. The number of hydrogen-bond acceptors (Lipinski definition) is 3. The van der Waals surface area contributed by atoms with E-state index >= 15 is 0 Å². The Morgan fingerprint density at radius 3 is 3.00 bits per heavy atom. The van der Waals surface area contributed by atoms with Gasteiger partial charge in [0.1, 0.15) is 0 Å². The van der Waals surface area contributed by atoms with Gasteiger partial charge < -0.3 is 0 Å². The number of carbonyl (C=O) groups is 1. The molecule has 1 heterocycles. The van der Waals surface area contributed by atoms with Crippen molar-refractivity contribution in [1.82, 2.24) is 14.8 Å². The lowest BCUT2D eigenvalue weighted by Crippen LogP contribution is -2.11. The number of carbonyl (C=O) groups excluding carboxylic acids is 1. The molecule has 5 nitrogen and oxygen atoms in total. The summed E-state index contributed by atoms with van der Waals surface area (Å²) in [6.07, 6.45) is 0. The van der Waals surface area contributed by atoms with E-state index in [-0.39, 0.29) is 5.91 Å². The lowest BCUT2D eigenvalue weighted by atomic mass is 10.6. The van der Waals surface area contributed by atoms with Crippen LogP contribution in [0, 0.1) is 4.77 Å². The summed E-state index contributed by atoms with van der Waals surface area (Å²) >= 11 is 4.92. The first-order valence-electron chi connectivity index (χ1n) is 3.58. The molecule has 0 bridgehead atoms. The largest absolute Gasteiger partial charge is 0.295 e. The molecule has 6 heteroatoms. The summed E-state index contributed by atoms with van der Waals surface area (Å²) in [6.45, 7) is 4.04. The quantitative estimate of drug-likeness (QED) is 0.675. The zero-order chi connectivity index (χ0) is 9.14. The molecule has 12 heavy (non-hydrogen) atoms. The zero-order valence-corrected chi connectivity index (χ0v) is 7.73. The molecule has 0 atom stereocenters. The number of anilines is 1. The van der Waals surface area contributed by atoms with Crippen LogP contribution in [0.25, 0.3) is 0 Å². The summed E-state index contributed by atoms with van der Waals surface area (Å²) in [5, 5.41) is 9.00. The van der Waals surface area contributed by atoms with Crippen LogP contribution in [-0.2, 0) is 11.3 Å². The van der Waals surface area contributed by atoms with Gasteiger partial charge in [-0.2, -0.15) is 0 Å². The second kappa shape index (κ2) is 3.48. The number of nitrogens with one attached hydrogen (secondary N) is 2. The molecule has 1 rings (SSSR count). The van der Waals surface area contributed by atoms with Crippen molar-refractivity contribution < 1.29 is 4.79 Å². The molecule has 0 aliphatic carbocycles. The van der Waals surface area contributed by atoms with Crippen molar-refractivity contribution in [3.05, 3.63) is 4.77 Å². The zero-order valence-electron chi connectivity index (χ0n) is 6.92. The summed E-state index contributed by atoms with van der Waals surface area (Å²) in [7, 11) is 0. The standard InChI is InChI=1S/C6H10N4OS/c1-3-10-5(7-4(2)11)8-9-6(10)12/h3H2,1-2H3,(H,9,12)(H,7,8,11). The van der Waals surface area contributed by atoms with Gasteiger partial charge in [0.05, 0.1) is 0 Å². The molecule has 1 aromatic rings. The highest BCUT2D eigenvalue weighted by molar-refractivity contribution is 7.71. The molecule has 2 N–H and O–H groups in total. The van der Waals surface area contributed by atoms with Crippen LogP contribution in [0.1, 0.15) is 13.8 Å². The third-order valence-corrected chi connectivity index (χ3v) is 1.67. The van der Waals surface area contributed by atoms with Gasteiger partial charge in [0.15, 0.2) is 4.77 Å². The van der Waals surface area contributed by atoms with Crippen LogP contribution in [0.15, 0.2) is 0 Å². The lowest BCUT2D eigenvalue weighted by Gasteiger charge is -2.01. The number of H-pyrrole nitrogens is 1. The molecule has 1 aromatic heterocycles. The van der Waals surface area contributed by atoms with E-state index in [2.05, 4.69) is 15.5 Å². The highest BCUT2D eigenvalue weighted by atomic mass is 32.1. The normalized spacial score (nSPS) is 9.83. The highest BCUT2D eigenvalue weighted by Crippen LogP contribution is 2.02. The lowest BCUT2D eigenvalue weighted by molar-refractivity contribution is -0.114. The van der Waals surface area contributed by atoms with Crippen molar-refractivity contribution in [2.75, 3.05) is 5.32 Å². The van der Waals surface area contributed by atoms with Crippen molar-refractivity contribution >= 4 is 24.1 Å². The van der Waals surface area contributed by atoms with Crippen LogP contribution in [0.5, 0.6) is 0 Å². The Morgan fingerprint density at radius 2 is 2.50 bits per heavy atom. The fraction of sp³-hybridized carbons (Fsp3) is 0.500. The van der Waals surface area contributed by atoms with Crippen LogP contribution < -0.4 is 5.32 Å². The first-order valence-corrected chi connectivity index (χ1v) is 3.98. The van der Waals surface area contributed by atoms with Gasteiger partial charge in [0, 0.05) is 13.5 Å². The minimum atomic E-state index is -0.154. The van der Waals surface area contributed by atoms with Crippen molar-refractivity contribution in [2.45, 2.75) is 20.4 Å². The Morgan fingerprint density at radius 1 is 1.83 bits per heavy atom. The van der Waals surface area contributed by atoms with Gasteiger partial charge >= 0.3 is 0 Å². The van der Waals surface area contributed by atoms with E-state index in [1.807, 2.05) is 6.92 Å². The molecular formula is C6H10N4OS. The fourth-order valence-corrected chi connectivity index (χ4v) is 1.13. The number of amides is 1. The smallest absolute Gasteiger partial charge is 0.229 e. The third-order valence-electron chi connectivity index (χ3n) is 1.36. The SMILES string of the molecule is CCn1c(NC(C)=O)n[nH]c1=S. The monoisotopic (exact) mass is 186 g/mol. The van der Waals surface area contributed by atoms with Gasteiger partial charge in [0.2, 0.25) is 11.9 Å². The van der Waals surface area contributed by atoms with Gasteiger partial charge in [-0.3, -0.25) is 14.7 Å². The van der Waals surface area contributed by atoms with Crippen LogP contribution in [-0.4, -0.2) is 20.7 Å². The number of rotatable bonds is 2. The molecule has 0 spiro atoms. The second-order valence-electron chi connectivity index (χ2n) is 2.28. The summed E-state index contributed by atoms with van der Waals surface area (Å²) in [6, 6.07) is 0. The summed E-state index contributed by atoms with van der Waals surface area (Å²) in [4.78, 5) is 10.7. The van der Waals surface area contributed by atoms with E-state index in [0.717, 1.165) is 0 Å². The van der Waals surface area contributed by atoms with Gasteiger partial charge in [-0.25, -0.2) is 5.10 Å². The molecule has 0 aliphatic rings. The second-order valence-corrected chi connectivity index (χ2v) is 2.66. The number of hydrogen-bond donors (Lipinski definition) is 2. The maximum absolute atomic E-state index is 10.7. The van der Waals surface area contributed by atoms with Gasteiger partial charge in [0.25, 0.3) is 0 Å². The van der Waals surface area contributed by atoms with E-state index in [9.17, 15) is 4.79 Å². The van der Waals surface area contributed by atoms with Gasteiger partial charge in [-0.15, -0.1) is 5.10 Å². The number of nitrogens with zero attached hydrogens (tertiary/aromatic N) is 2. The molecule has 0 saturated carbocycles. The number of aromatic nitrogens is 3. The molecule has 0 aromatic carbocycles. The summed E-state index contributed by atoms with van der Waals surface area (Å²) in [5.41, 5.74) is 0. The van der Waals surface area contributed by atoms with E-state index in [1.165, 1.54) is 6.92 Å². The first kappa shape index (κ1) is 8.92. The van der Waals surface area contributed by atoms with Crippen LogP contribution in [0.3, 0.4) is 0 Å². The summed E-state index contributed by atoms with van der Waals surface area (Å²) in [5.74, 6) is 0.314. The molecule has 0 radical (unpaired) electrons. The van der Waals surface area contributed by atoms with E-state index < -0.39 is 0 Å². The average Bonchev–Trinajstić information content (AvgIpc) is 2.30. The van der Waals surface area contributed by atoms with Crippen LogP contribution in [0.2, 0.25) is 0 Å². The molecular weight excluding hydrogens is 176 g/mol. The Bertz CT molecular complexity index is 340. The van der Waals surface area contributed by atoms with Crippen molar-refractivity contribution in [3.63, 3.8) is 0 Å². The van der Waals surface area contributed by atoms with Crippen LogP contribution in [0.4, 0.5) is 5.95 Å². The molecule has 1 amide bonds. The van der Waals surface area contributed by atoms with Crippen molar-refractivity contribution in [1.29, 1.82) is 0 Å². The third kappa shape index (κ3) is 1.70. The topological polar surface area (TPSA) is 62.7 Å². The van der Waals surface area contributed by atoms with Crippen molar-refractivity contribution in [2.24, 2.45) is 0 Å². The number of aromatic amines is 1. The molecule has 0 aliphatic heterocycles. The maximum Gasteiger partial charge on any atom is 0.229 e. The molecule has 66 valence electrons. The minimum absolute atomic E-state index is 0.154. The Balaban J connectivity index is 2.99. The van der Waals surface area contributed by atoms with Gasteiger partial charge in [-0.1, -0.05) is 0 Å². The Hall–Kier alpha value is -1.17. The van der Waals surface area contributed by atoms with E-state index in [1.54, 1.807) is 4.57 Å². The molecule has 0 unspecified atom stereocenters. The fourth-order valence-electron chi connectivity index (χ4n) is 0.864. The van der Waals surface area contributed by atoms with Crippen LogP contribution >= 0.6 is 12.2 Å². The minimum Gasteiger partial charge on any atom is -0.295 e. The molecule has 0 saturated heterocycles. The van der Waals surface area contributed by atoms with Crippen molar-refractivity contribution in [3.8, 4) is 0 Å². The van der Waals surface area contributed by atoms with E-state index in [4.69, 9.17) is 12.2 Å². The molecule has 0 fully saturated rings. The van der Waals surface area contributed by atoms with Gasteiger partial charge in [-0.05, 0) is 19.1 Å². The summed E-state index contributed by atoms with van der Waals surface area (Å²) < 4.78 is 2.22. The average molecular weight is 186 g/mol. The predicted octanol–water partition coefficient (Wildman–Crippen LogP) is 0.919. The van der Waals surface area contributed by atoms with E-state index in [0.29, 0.717) is 17.3 Å². The Kier molecular flexibility index (Phi) is 2.59.